The van der Waals surface area contributed by atoms with Crippen molar-refractivity contribution in [3.05, 3.63) is 53.9 Å². The Balaban J connectivity index is 2.17. The summed E-state index contributed by atoms with van der Waals surface area (Å²) in [6.07, 6.45) is 3.25. The van der Waals surface area contributed by atoms with E-state index in [1.807, 2.05) is 6.92 Å². The molecule has 0 aliphatic rings. The van der Waals surface area contributed by atoms with E-state index in [1.54, 1.807) is 42.7 Å². The molecule has 1 amide bonds. The zero-order valence-electron chi connectivity index (χ0n) is 9.97. The molecule has 0 bridgehead atoms. The highest BCUT2D eigenvalue weighted by Gasteiger charge is 2.07. The number of carbonyl (C=O) groups excluding carboxylic acids is 1. The number of aryl methyl sites for hydroxylation is 1. The molecule has 1 heterocycles. The average molecular weight is 242 g/mol. The molecule has 2 aromatic rings. The van der Waals surface area contributed by atoms with Crippen LogP contribution in [0.3, 0.4) is 0 Å². The third-order valence-electron chi connectivity index (χ3n) is 2.58. The second-order valence-electron chi connectivity index (χ2n) is 3.86. The Bertz CT molecular complexity index is 554. The number of anilines is 2. The number of nitrogen functional groups attached to an aromatic ring is 1. The second-order valence-corrected chi connectivity index (χ2v) is 3.86. The van der Waals surface area contributed by atoms with Gasteiger partial charge in [-0.05, 0) is 42.8 Å². The first kappa shape index (κ1) is 12.1. The number of aromatic nitrogens is 1. The molecule has 0 spiro atoms. The summed E-state index contributed by atoms with van der Waals surface area (Å²) in [7, 11) is 0. The van der Waals surface area contributed by atoms with Crippen LogP contribution in [0.4, 0.5) is 11.4 Å². The first-order valence-corrected chi connectivity index (χ1v) is 5.49. The molecule has 2 rings (SSSR count). The Hall–Kier alpha value is -2.40. The van der Waals surface area contributed by atoms with Crippen molar-refractivity contribution in [1.29, 1.82) is 0 Å². The van der Waals surface area contributed by atoms with Gasteiger partial charge < -0.3 is 10.7 Å². The number of pyridine rings is 1. The van der Waals surface area contributed by atoms with Crippen LogP contribution in [0.1, 0.15) is 15.9 Å². The number of amides is 1. The molecule has 0 atom stereocenters. The predicted molar refractivity (Wildman–Crippen MR) is 71.2 cm³/mol. The molecule has 0 aliphatic heterocycles. The molecule has 5 nitrogen and oxygen atoms in total. The fraction of sp³-hybridized carbons (Fsp3) is 0.0769. The van der Waals surface area contributed by atoms with Gasteiger partial charge in [0, 0.05) is 23.6 Å². The van der Waals surface area contributed by atoms with Crippen LogP contribution in [0, 0.1) is 6.92 Å². The fourth-order valence-electron chi connectivity index (χ4n) is 1.61. The minimum atomic E-state index is -0.159. The molecule has 0 aliphatic carbocycles. The van der Waals surface area contributed by atoms with E-state index in [4.69, 9.17) is 5.84 Å². The number of nitrogens with zero attached hydrogens (tertiary/aromatic N) is 1. The topological polar surface area (TPSA) is 80.0 Å². The van der Waals surface area contributed by atoms with Crippen molar-refractivity contribution in [3.8, 4) is 0 Å². The summed E-state index contributed by atoms with van der Waals surface area (Å²) >= 11 is 0. The van der Waals surface area contributed by atoms with E-state index in [2.05, 4.69) is 15.7 Å². The molecule has 0 fully saturated rings. The summed E-state index contributed by atoms with van der Waals surface area (Å²) in [6.45, 7) is 1.89. The number of benzene rings is 1. The van der Waals surface area contributed by atoms with E-state index in [1.165, 1.54) is 0 Å². The summed E-state index contributed by atoms with van der Waals surface area (Å²) in [6, 6.07) is 8.75. The van der Waals surface area contributed by atoms with Crippen LogP contribution in [0.5, 0.6) is 0 Å². The van der Waals surface area contributed by atoms with Crippen LogP contribution >= 0.6 is 0 Å². The average Bonchev–Trinajstić information content (AvgIpc) is 2.39. The minimum Gasteiger partial charge on any atom is -0.324 e. The first-order valence-electron chi connectivity index (χ1n) is 5.49. The standard InChI is InChI=1S/C13H14N4O/c1-9-8-10(2-3-12(9)17-14)13(18)16-11-4-6-15-7-5-11/h2-8,17H,14H2,1H3,(H,15,16,18). The molecule has 0 unspecified atom stereocenters. The molecular formula is C13H14N4O. The van der Waals surface area contributed by atoms with E-state index in [-0.39, 0.29) is 5.91 Å². The lowest BCUT2D eigenvalue weighted by atomic mass is 10.1. The molecule has 4 N–H and O–H groups in total. The Morgan fingerprint density at radius 3 is 2.56 bits per heavy atom. The third-order valence-corrected chi connectivity index (χ3v) is 2.58. The molecule has 1 aromatic heterocycles. The van der Waals surface area contributed by atoms with Gasteiger partial charge >= 0.3 is 0 Å². The molecule has 18 heavy (non-hydrogen) atoms. The molecular weight excluding hydrogens is 228 g/mol. The van der Waals surface area contributed by atoms with E-state index >= 15 is 0 Å². The summed E-state index contributed by atoms with van der Waals surface area (Å²) in [5, 5.41) is 2.79. The van der Waals surface area contributed by atoms with E-state index in [0.29, 0.717) is 11.3 Å². The minimum absolute atomic E-state index is 0.159. The van der Waals surface area contributed by atoms with Gasteiger partial charge in [0.2, 0.25) is 0 Å². The molecule has 1 aromatic carbocycles. The van der Waals surface area contributed by atoms with Crippen molar-refractivity contribution >= 4 is 17.3 Å². The summed E-state index contributed by atoms with van der Waals surface area (Å²) in [5.41, 5.74) is 5.59. The molecule has 0 radical (unpaired) electrons. The maximum absolute atomic E-state index is 12.0. The monoisotopic (exact) mass is 242 g/mol. The highest BCUT2D eigenvalue weighted by molar-refractivity contribution is 6.04. The van der Waals surface area contributed by atoms with Gasteiger partial charge in [-0.1, -0.05) is 0 Å². The number of hydrogen-bond acceptors (Lipinski definition) is 4. The van der Waals surface area contributed by atoms with Gasteiger partial charge in [0.05, 0.1) is 5.69 Å². The highest BCUT2D eigenvalue weighted by atomic mass is 16.1. The zero-order valence-corrected chi connectivity index (χ0v) is 9.97. The van der Waals surface area contributed by atoms with Gasteiger partial charge in [0.1, 0.15) is 0 Å². The second kappa shape index (κ2) is 5.29. The lowest BCUT2D eigenvalue weighted by molar-refractivity contribution is 0.102. The van der Waals surface area contributed by atoms with Crippen molar-refractivity contribution in [3.63, 3.8) is 0 Å². The Labute approximate surface area is 105 Å². The van der Waals surface area contributed by atoms with Crippen molar-refractivity contribution in [1.82, 2.24) is 4.98 Å². The molecule has 5 heteroatoms. The van der Waals surface area contributed by atoms with E-state index < -0.39 is 0 Å². The van der Waals surface area contributed by atoms with Gasteiger partial charge in [0.15, 0.2) is 0 Å². The SMILES string of the molecule is Cc1cc(C(=O)Nc2ccncc2)ccc1NN. The van der Waals surface area contributed by atoms with Gasteiger partial charge in [-0.25, -0.2) is 0 Å². The van der Waals surface area contributed by atoms with Crippen LogP contribution in [-0.4, -0.2) is 10.9 Å². The molecule has 92 valence electrons. The maximum atomic E-state index is 12.0. The summed E-state index contributed by atoms with van der Waals surface area (Å²) < 4.78 is 0. The van der Waals surface area contributed by atoms with Gasteiger partial charge in [-0.3, -0.25) is 15.6 Å². The first-order chi connectivity index (χ1) is 8.70. The Morgan fingerprint density at radius 1 is 1.22 bits per heavy atom. The van der Waals surface area contributed by atoms with Crippen LogP contribution < -0.4 is 16.6 Å². The van der Waals surface area contributed by atoms with Gasteiger partial charge in [-0.2, -0.15) is 0 Å². The van der Waals surface area contributed by atoms with Crippen LogP contribution in [0.25, 0.3) is 0 Å². The smallest absolute Gasteiger partial charge is 0.255 e. The predicted octanol–water partition coefficient (Wildman–Crippen LogP) is 1.93. The van der Waals surface area contributed by atoms with Crippen molar-refractivity contribution in [2.45, 2.75) is 6.92 Å². The maximum Gasteiger partial charge on any atom is 0.255 e. The number of hydrazine groups is 1. The summed E-state index contributed by atoms with van der Waals surface area (Å²) in [5.74, 6) is 5.18. The summed E-state index contributed by atoms with van der Waals surface area (Å²) in [4.78, 5) is 15.9. The van der Waals surface area contributed by atoms with Gasteiger partial charge in [-0.15, -0.1) is 0 Å². The number of nitrogens with one attached hydrogen (secondary N) is 2. The largest absolute Gasteiger partial charge is 0.324 e. The lowest BCUT2D eigenvalue weighted by Crippen LogP contribution is -2.13. The van der Waals surface area contributed by atoms with E-state index in [9.17, 15) is 4.79 Å². The Kier molecular flexibility index (Phi) is 3.54. The zero-order chi connectivity index (χ0) is 13.0. The lowest BCUT2D eigenvalue weighted by Gasteiger charge is -2.08. The highest BCUT2D eigenvalue weighted by Crippen LogP contribution is 2.16. The van der Waals surface area contributed by atoms with Crippen LogP contribution in [-0.2, 0) is 0 Å². The fourth-order valence-corrected chi connectivity index (χ4v) is 1.61. The van der Waals surface area contributed by atoms with E-state index in [0.717, 1.165) is 11.3 Å². The molecule has 0 saturated carbocycles. The van der Waals surface area contributed by atoms with Crippen LogP contribution in [0.15, 0.2) is 42.7 Å². The van der Waals surface area contributed by atoms with Crippen molar-refractivity contribution < 1.29 is 4.79 Å². The Morgan fingerprint density at radius 2 is 1.94 bits per heavy atom. The number of nitrogens with two attached hydrogens (primary N) is 1. The normalized spacial score (nSPS) is 9.89. The van der Waals surface area contributed by atoms with Crippen LogP contribution in [0.2, 0.25) is 0 Å². The van der Waals surface area contributed by atoms with Crippen molar-refractivity contribution in [2.24, 2.45) is 5.84 Å². The number of rotatable bonds is 3. The van der Waals surface area contributed by atoms with Crippen molar-refractivity contribution in [2.75, 3.05) is 10.7 Å². The number of carbonyl (C=O) groups is 1. The third kappa shape index (κ3) is 2.64. The number of hydrogen-bond donors (Lipinski definition) is 3. The molecule has 0 saturated heterocycles. The van der Waals surface area contributed by atoms with Gasteiger partial charge in [0.25, 0.3) is 5.91 Å². The quantitative estimate of drug-likeness (QED) is 0.567.